The van der Waals surface area contributed by atoms with Gasteiger partial charge in [0.15, 0.2) is 5.82 Å². The summed E-state index contributed by atoms with van der Waals surface area (Å²) < 4.78 is 7.38. The number of hydrogen-bond acceptors (Lipinski definition) is 4. The predicted molar refractivity (Wildman–Crippen MR) is 118 cm³/mol. The number of fused-ring (bicyclic) bond motifs is 1. The zero-order valence-corrected chi connectivity index (χ0v) is 17.8. The van der Waals surface area contributed by atoms with Gasteiger partial charge in [0.25, 0.3) is 0 Å². The van der Waals surface area contributed by atoms with E-state index in [9.17, 15) is 4.79 Å². The molecule has 2 heterocycles. The van der Waals surface area contributed by atoms with Crippen molar-refractivity contribution in [3.05, 3.63) is 58.9 Å². The van der Waals surface area contributed by atoms with Gasteiger partial charge in [-0.2, -0.15) is 0 Å². The van der Waals surface area contributed by atoms with Crippen molar-refractivity contribution in [1.82, 2.24) is 14.8 Å². The summed E-state index contributed by atoms with van der Waals surface area (Å²) in [6, 6.07) is 13.4. The Labute approximate surface area is 181 Å². The van der Waals surface area contributed by atoms with Crippen LogP contribution in [0.4, 0.5) is 5.69 Å². The number of rotatable bonds is 6. The van der Waals surface area contributed by atoms with E-state index in [4.69, 9.17) is 16.3 Å². The Morgan fingerprint density at radius 1 is 1.17 bits per heavy atom. The van der Waals surface area contributed by atoms with Crippen molar-refractivity contribution in [2.75, 3.05) is 12.4 Å². The first kappa shape index (κ1) is 20.4. The van der Waals surface area contributed by atoms with Crippen LogP contribution in [0.5, 0.6) is 5.75 Å². The highest BCUT2D eigenvalue weighted by molar-refractivity contribution is 6.32. The summed E-state index contributed by atoms with van der Waals surface area (Å²) in [5, 5.41) is 12.3. The summed E-state index contributed by atoms with van der Waals surface area (Å²) in [5.41, 5.74) is 2.72. The predicted octanol–water partition coefficient (Wildman–Crippen LogP) is 4.90. The van der Waals surface area contributed by atoms with Crippen LogP contribution in [0.3, 0.4) is 0 Å². The first-order chi connectivity index (χ1) is 14.6. The number of anilines is 1. The largest absolute Gasteiger partial charge is 0.495 e. The maximum absolute atomic E-state index is 12.5. The molecular weight excluding hydrogens is 400 g/mol. The number of nitrogens with one attached hydrogen (secondary N) is 1. The molecule has 0 bridgehead atoms. The van der Waals surface area contributed by atoms with Crippen molar-refractivity contribution in [3.63, 3.8) is 0 Å². The fraction of sp³-hybridized carbons (Fsp3) is 0.348. The van der Waals surface area contributed by atoms with Gasteiger partial charge in [-0.15, -0.1) is 10.2 Å². The maximum Gasteiger partial charge on any atom is 0.224 e. The molecule has 156 valence electrons. The van der Waals surface area contributed by atoms with Crippen LogP contribution in [-0.2, 0) is 24.2 Å². The molecule has 0 unspecified atom stereocenters. The molecule has 0 spiro atoms. The number of amides is 1. The second kappa shape index (κ2) is 9.30. The third-order valence-electron chi connectivity index (χ3n) is 5.37. The number of methoxy groups -OCH3 is 1. The summed E-state index contributed by atoms with van der Waals surface area (Å²) >= 11 is 6.16. The van der Waals surface area contributed by atoms with Gasteiger partial charge in [-0.05, 0) is 49.1 Å². The lowest BCUT2D eigenvalue weighted by Crippen LogP contribution is -2.12. The summed E-state index contributed by atoms with van der Waals surface area (Å²) in [7, 11) is 1.58. The van der Waals surface area contributed by atoms with Crippen LogP contribution in [0.15, 0.2) is 42.5 Å². The SMILES string of the molecule is COc1ccc(CCC(=O)Nc2cccc(-c3nnc4n3CCCCC4)c2)cc1Cl. The number of carbonyl (C=O) groups is 1. The topological polar surface area (TPSA) is 69.0 Å². The van der Waals surface area contributed by atoms with E-state index < -0.39 is 0 Å². The van der Waals surface area contributed by atoms with Crippen LogP contribution in [-0.4, -0.2) is 27.8 Å². The second-order valence-electron chi connectivity index (χ2n) is 7.50. The number of aromatic nitrogens is 3. The van der Waals surface area contributed by atoms with Gasteiger partial charge in [0.2, 0.25) is 5.91 Å². The van der Waals surface area contributed by atoms with Gasteiger partial charge in [-0.1, -0.05) is 36.2 Å². The van der Waals surface area contributed by atoms with E-state index in [1.807, 2.05) is 42.5 Å². The van der Waals surface area contributed by atoms with E-state index in [2.05, 4.69) is 20.1 Å². The quantitative estimate of drug-likeness (QED) is 0.610. The average Bonchev–Trinajstić information content (AvgIpc) is 3.01. The van der Waals surface area contributed by atoms with Crippen molar-refractivity contribution in [2.24, 2.45) is 0 Å². The molecule has 1 amide bonds. The Bertz CT molecular complexity index is 1050. The molecular formula is C23H25ClN4O2. The Morgan fingerprint density at radius 3 is 2.90 bits per heavy atom. The molecule has 0 radical (unpaired) electrons. The minimum Gasteiger partial charge on any atom is -0.495 e. The van der Waals surface area contributed by atoms with Gasteiger partial charge >= 0.3 is 0 Å². The lowest BCUT2D eigenvalue weighted by molar-refractivity contribution is -0.116. The van der Waals surface area contributed by atoms with Crippen LogP contribution in [0.2, 0.25) is 5.02 Å². The molecule has 1 aliphatic rings. The van der Waals surface area contributed by atoms with Crippen LogP contribution < -0.4 is 10.1 Å². The molecule has 0 saturated heterocycles. The molecule has 0 saturated carbocycles. The molecule has 0 atom stereocenters. The molecule has 2 aromatic carbocycles. The maximum atomic E-state index is 12.5. The lowest BCUT2D eigenvalue weighted by Gasteiger charge is -2.10. The minimum atomic E-state index is -0.0424. The second-order valence-corrected chi connectivity index (χ2v) is 7.91. The number of aryl methyl sites for hydroxylation is 2. The number of ether oxygens (including phenoxy) is 1. The lowest BCUT2D eigenvalue weighted by atomic mass is 10.1. The van der Waals surface area contributed by atoms with Crippen molar-refractivity contribution >= 4 is 23.2 Å². The van der Waals surface area contributed by atoms with Crippen molar-refractivity contribution in [1.29, 1.82) is 0 Å². The van der Waals surface area contributed by atoms with E-state index in [1.54, 1.807) is 7.11 Å². The van der Waals surface area contributed by atoms with Gasteiger partial charge in [-0.3, -0.25) is 4.79 Å². The fourth-order valence-electron chi connectivity index (χ4n) is 3.78. The highest BCUT2D eigenvalue weighted by atomic mass is 35.5. The molecule has 6 nitrogen and oxygen atoms in total. The number of nitrogens with zero attached hydrogens (tertiary/aromatic N) is 3. The van der Waals surface area contributed by atoms with Crippen LogP contribution >= 0.6 is 11.6 Å². The van der Waals surface area contributed by atoms with Crippen LogP contribution in [0.25, 0.3) is 11.4 Å². The molecule has 1 N–H and O–H groups in total. The van der Waals surface area contributed by atoms with E-state index in [0.717, 1.165) is 54.3 Å². The average molecular weight is 425 g/mol. The number of benzene rings is 2. The smallest absolute Gasteiger partial charge is 0.224 e. The first-order valence-electron chi connectivity index (χ1n) is 10.3. The van der Waals surface area contributed by atoms with Gasteiger partial charge in [0, 0.05) is 30.6 Å². The Hall–Kier alpha value is -2.86. The van der Waals surface area contributed by atoms with Gasteiger partial charge in [0.1, 0.15) is 11.6 Å². The molecule has 0 aliphatic carbocycles. The van der Waals surface area contributed by atoms with E-state index in [1.165, 1.54) is 6.42 Å². The monoisotopic (exact) mass is 424 g/mol. The van der Waals surface area contributed by atoms with E-state index >= 15 is 0 Å². The van der Waals surface area contributed by atoms with Crippen molar-refractivity contribution < 1.29 is 9.53 Å². The molecule has 1 aliphatic heterocycles. The standard InChI is InChI=1S/C23H25ClN4O2/c1-30-20-11-9-16(14-19(20)24)10-12-22(29)25-18-7-5-6-17(15-18)23-27-26-21-8-3-2-4-13-28(21)23/h5-7,9,11,14-15H,2-4,8,10,12-13H2,1H3,(H,25,29). The molecule has 30 heavy (non-hydrogen) atoms. The van der Waals surface area contributed by atoms with Gasteiger partial charge in [-0.25, -0.2) is 0 Å². The fourth-order valence-corrected chi connectivity index (χ4v) is 4.06. The summed E-state index contributed by atoms with van der Waals surface area (Å²) in [4.78, 5) is 12.5. The van der Waals surface area contributed by atoms with E-state index in [0.29, 0.717) is 23.6 Å². The number of halogens is 1. The number of hydrogen-bond donors (Lipinski definition) is 1. The van der Waals surface area contributed by atoms with Crippen LogP contribution in [0.1, 0.15) is 37.1 Å². The normalized spacial score (nSPS) is 13.4. The molecule has 1 aromatic heterocycles. The Kier molecular flexibility index (Phi) is 6.33. The number of carbonyl (C=O) groups excluding carboxylic acids is 1. The van der Waals surface area contributed by atoms with Gasteiger partial charge in [0.05, 0.1) is 12.1 Å². The molecule has 4 rings (SSSR count). The summed E-state index contributed by atoms with van der Waals surface area (Å²) in [6.45, 7) is 0.943. The Balaban J connectivity index is 1.41. The highest BCUT2D eigenvalue weighted by Crippen LogP contribution is 2.26. The highest BCUT2D eigenvalue weighted by Gasteiger charge is 2.16. The zero-order valence-electron chi connectivity index (χ0n) is 17.0. The molecule has 0 fully saturated rings. The third kappa shape index (κ3) is 4.65. The molecule has 7 heteroatoms. The first-order valence-corrected chi connectivity index (χ1v) is 10.7. The third-order valence-corrected chi connectivity index (χ3v) is 5.67. The summed E-state index contributed by atoms with van der Waals surface area (Å²) in [5.74, 6) is 2.51. The van der Waals surface area contributed by atoms with Gasteiger partial charge < -0.3 is 14.6 Å². The minimum absolute atomic E-state index is 0.0424. The Morgan fingerprint density at radius 2 is 2.07 bits per heavy atom. The summed E-state index contributed by atoms with van der Waals surface area (Å²) in [6.07, 6.45) is 5.47. The van der Waals surface area contributed by atoms with E-state index in [-0.39, 0.29) is 5.91 Å². The zero-order chi connectivity index (χ0) is 20.9. The van der Waals surface area contributed by atoms with Crippen molar-refractivity contribution in [3.8, 4) is 17.1 Å². The van der Waals surface area contributed by atoms with Crippen molar-refractivity contribution in [2.45, 2.75) is 45.1 Å². The molecule has 3 aromatic rings. The van der Waals surface area contributed by atoms with Crippen LogP contribution in [0, 0.1) is 0 Å².